The molecule has 0 aromatic heterocycles. The van der Waals surface area contributed by atoms with E-state index in [-0.39, 0.29) is 25.5 Å². The second kappa shape index (κ2) is 10.9. The van der Waals surface area contributed by atoms with Gasteiger partial charge in [-0.1, -0.05) is 48.5 Å². The molecule has 2 aromatic rings. The Kier molecular flexibility index (Phi) is 8.19. The van der Waals surface area contributed by atoms with Crippen molar-refractivity contribution in [3.05, 3.63) is 65.7 Å². The molecule has 0 saturated heterocycles. The third kappa shape index (κ3) is 7.38. The Morgan fingerprint density at radius 1 is 1.00 bits per heavy atom. The maximum absolute atomic E-state index is 11.7. The molecule has 0 spiro atoms. The van der Waals surface area contributed by atoms with Crippen molar-refractivity contribution >= 4 is 11.9 Å². The number of hydrogen-bond acceptors (Lipinski definition) is 4. The van der Waals surface area contributed by atoms with Gasteiger partial charge in [0.1, 0.15) is 5.75 Å². The molecule has 2 aromatic carbocycles. The van der Waals surface area contributed by atoms with Crippen molar-refractivity contribution < 1.29 is 19.1 Å². The van der Waals surface area contributed by atoms with Gasteiger partial charge >= 0.3 is 5.97 Å². The first kappa shape index (κ1) is 19.5. The maximum Gasteiger partial charge on any atom is 0.309 e. The number of hydrogen-bond donors (Lipinski definition) is 1. The van der Waals surface area contributed by atoms with Crippen molar-refractivity contribution in [1.29, 1.82) is 0 Å². The number of aryl methyl sites for hydroxylation is 2. The normalized spacial score (nSPS) is 10.2. The van der Waals surface area contributed by atoms with Gasteiger partial charge in [0.2, 0.25) is 0 Å². The number of rotatable bonds is 10. The summed E-state index contributed by atoms with van der Waals surface area (Å²) in [6.45, 7) is 2.47. The van der Waals surface area contributed by atoms with Crippen molar-refractivity contribution in [2.75, 3.05) is 19.8 Å². The van der Waals surface area contributed by atoms with Crippen LogP contribution in [0.25, 0.3) is 0 Å². The van der Waals surface area contributed by atoms with Crippen LogP contribution in [0.5, 0.6) is 5.75 Å². The van der Waals surface area contributed by atoms with Crippen molar-refractivity contribution in [1.82, 2.24) is 5.32 Å². The predicted molar refractivity (Wildman–Crippen MR) is 100 cm³/mol. The van der Waals surface area contributed by atoms with E-state index in [4.69, 9.17) is 9.47 Å². The summed E-state index contributed by atoms with van der Waals surface area (Å²) in [5.41, 5.74) is 2.25. The van der Waals surface area contributed by atoms with Crippen LogP contribution in [0.1, 0.15) is 24.0 Å². The Morgan fingerprint density at radius 2 is 1.73 bits per heavy atom. The molecule has 1 amide bonds. The Hall–Kier alpha value is -2.82. The van der Waals surface area contributed by atoms with Crippen LogP contribution in [0.15, 0.2) is 54.6 Å². The molecule has 0 saturated carbocycles. The lowest BCUT2D eigenvalue weighted by Gasteiger charge is -2.09. The molecule has 1 N–H and O–H groups in total. The first-order valence-electron chi connectivity index (χ1n) is 8.80. The van der Waals surface area contributed by atoms with Gasteiger partial charge in [-0.2, -0.15) is 0 Å². The molecule has 0 fully saturated rings. The van der Waals surface area contributed by atoms with Crippen LogP contribution < -0.4 is 10.1 Å². The van der Waals surface area contributed by atoms with Gasteiger partial charge in [0.25, 0.3) is 5.91 Å². The number of ether oxygens (including phenoxy) is 2. The summed E-state index contributed by atoms with van der Waals surface area (Å²) in [7, 11) is 0. The van der Waals surface area contributed by atoms with E-state index in [1.54, 1.807) is 0 Å². The minimum atomic E-state index is -0.446. The molecule has 138 valence electrons. The third-order valence-corrected chi connectivity index (χ3v) is 3.83. The second-order valence-corrected chi connectivity index (χ2v) is 5.96. The Morgan fingerprint density at radius 3 is 2.50 bits per heavy atom. The average Bonchev–Trinajstić information content (AvgIpc) is 2.66. The molecule has 26 heavy (non-hydrogen) atoms. The van der Waals surface area contributed by atoms with Crippen molar-refractivity contribution in [2.24, 2.45) is 0 Å². The SMILES string of the molecule is Cc1ccccc1OCCC(=O)OCC(=O)NCCCc1ccccc1. The summed E-state index contributed by atoms with van der Waals surface area (Å²) in [5.74, 6) is 0.0145. The number of amides is 1. The van der Waals surface area contributed by atoms with Crippen molar-refractivity contribution in [3.8, 4) is 5.75 Å². The van der Waals surface area contributed by atoms with Crippen LogP contribution in [0.3, 0.4) is 0 Å². The van der Waals surface area contributed by atoms with E-state index in [1.165, 1.54) is 5.56 Å². The van der Waals surface area contributed by atoms with Gasteiger partial charge in [-0.05, 0) is 37.0 Å². The zero-order valence-electron chi connectivity index (χ0n) is 15.1. The lowest BCUT2D eigenvalue weighted by molar-refractivity contribution is -0.149. The number of carbonyl (C=O) groups is 2. The molecular formula is C21H25NO4. The zero-order valence-corrected chi connectivity index (χ0v) is 15.1. The predicted octanol–water partition coefficient (Wildman–Crippen LogP) is 3.06. The highest BCUT2D eigenvalue weighted by atomic mass is 16.5. The van der Waals surface area contributed by atoms with Gasteiger partial charge in [0, 0.05) is 6.54 Å². The number of benzene rings is 2. The Balaban J connectivity index is 1.53. The van der Waals surface area contributed by atoms with Crippen LogP contribution in [-0.4, -0.2) is 31.6 Å². The van der Waals surface area contributed by atoms with Crippen LogP contribution in [0.2, 0.25) is 0 Å². The molecule has 0 radical (unpaired) electrons. The molecule has 0 atom stereocenters. The smallest absolute Gasteiger partial charge is 0.309 e. The number of nitrogens with one attached hydrogen (secondary N) is 1. The minimum Gasteiger partial charge on any atom is -0.493 e. The molecule has 0 bridgehead atoms. The fourth-order valence-electron chi connectivity index (χ4n) is 2.40. The molecule has 0 aliphatic carbocycles. The summed E-state index contributed by atoms with van der Waals surface area (Å²) in [5, 5.41) is 2.75. The van der Waals surface area contributed by atoms with E-state index in [0.29, 0.717) is 6.54 Å². The third-order valence-electron chi connectivity index (χ3n) is 3.83. The lowest BCUT2D eigenvalue weighted by Crippen LogP contribution is -2.30. The van der Waals surface area contributed by atoms with Crippen LogP contribution in [0.4, 0.5) is 0 Å². The van der Waals surface area contributed by atoms with Gasteiger partial charge in [0.05, 0.1) is 13.0 Å². The molecule has 2 rings (SSSR count). The van der Waals surface area contributed by atoms with E-state index < -0.39 is 5.97 Å². The van der Waals surface area contributed by atoms with Gasteiger partial charge in [0.15, 0.2) is 6.61 Å². The molecule has 0 heterocycles. The molecule has 5 nitrogen and oxygen atoms in total. The van der Waals surface area contributed by atoms with Gasteiger partial charge in [-0.3, -0.25) is 9.59 Å². The first-order valence-corrected chi connectivity index (χ1v) is 8.80. The maximum atomic E-state index is 11.7. The topological polar surface area (TPSA) is 64.6 Å². The van der Waals surface area contributed by atoms with Crippen LogP contribution >= 0.6 is 0 Å². The molecular weight excluding hydrogens is 330 g/mol. The Bertz CT molecular complexity index is 700. The second-order valence-electron chi connectivity index (χ2n) is 5.96. The van der Waals surface area contributed by atoms with E-state index in [0.717, 1.165) is 24.2 Å². The molecule has 0 unspecified atom stereocenters. The summed E-state index contributed by atoms with van der Waals surface area (Å²) in [6, 6.07) is 17.7. The van der Waals surface area contributed by atoms with E-state index in [9.17, 15) is 9.59 Å². The van der Waals surface area contributed by atoms with Gasteiger partial charge in [-0.25, -0.2) is 0 Å². The highest BCUT2D eigenvalue weighted by molar-refractivity contribution is 5.80. The van der Waals surface area contributed by atoms with E-state index >= 15 is 0 Å². The highest BCUT2D eigenvalue weighted by Gasteiger charge is 2.08. The monoisotopic (exact) mass is 355 g/mol. The summed E-state index contributed by atoms with van der Waals surface area (Å²) in [4.78, 5) is 23.3. The van der Waals surface area contributed by atoms with Crippen LogP contribution in [0, 0.1) is 6.92 Å². The largest absolute Gasteiger partial charge is 0.493 e. The molecule has 0 aliphatic heterocycles. The molecule has 5 heteroatoms. The van der Waals surface area contributed by atoms with Crippen LogP contribution in [-0.2, 0) is 20.7 Å². The van der Waals surface area contributed by atoms with Gasteiger partial charge < -0.3 is 14.8 Å². The van der Waals surface area contributed by atoms with Crippen molar-refractivity contribution in [3.63, 3.8) is 0 Å². The summed E-state index contributed by atoms with van der Waals surface area (Å²) >= 11 is 0. The Labute approximate surface area is 154 Å². The highest BCUT2D eigenvalue weighted by Crippen LogP contribution is 2.16. The number of esters is 1. The zero-order chi connectivity index (χ0) is 18.6. The van der Waals surface area contributed by atoms with Gasteiger partial charge in [-0.15, -0.1) is 0 Å². The molecule has 0 aliphatic rings. The average molecular weight is 355 g/mol. The quantitative estimate of drug-likeness (QED) is 0.525. The van der Waals surface area contributed by atoms with Crippen molar-refractivity contribution in [2.45, 2.75) is 26.2 Å². The summed E-state index contributed by atoms with van der Waals surface area (Å²) in [6.07, 6.45) is 1.85. The standard InChI is InChI=1S/C21H25NO4/c1-17-8-5-6-12-19(17)25-15-13-21(24)26-16-20(23)22-14-7-11-18-9-3-2-4-10-18/h2-6,8-10,12H,7,11,13-16H2,1H3,(H,22,23). The number of carbonyl (C=O) groups excluding carboxylic acids is 2. The summed E-state index contributed by atoms with van der Waals surface area (Å²) < 4.78 is 10.5. The van der Waals surface area contributed by atoms with E-state index in [1.807, 2.05) is 49.4 Å². The fourth-order valence-corrected chi connectivity index (χ4v) is 2.40. The first-order chi connectivity index (χ1) is 12.6. The minimum absolute atomic E-state index is 0.107. The van der Waals surface area contributed by atoms with E-state index in [2.05, 4.69) is 17.4 Å². The lowest BCUT2D eigenvalue weighted by atomic mass is 10.1. The number of para-hydroxylation sites is 1. The fraction of sp³-hybridized carbons (Fsp3) is 0.333.